The van der Waals surface area contributed by atoms with Crippen LogP contribution >= 0.6 is 11.6 Å². The van der Waals surface area contributed by atoms with Gasteiger partial charge in [-0.05, 0) is 36.8 Å². The standard InChI is InChI=1S/C17H19ClN4O2/c1-2-23-16-9-12(10-21-22-17(19)20)7-8-15(16)24-11-13-5-3-4-6-14(13)18/h3-10H,2,11H2,1H3,(H4,19,20,22)/b21-10-. The number of guanidine groups is 1. The minimum absolute atomic E-state index is 0.101. The lowest BCUT2D eigenvalue weighted by Gasteiger charge is -2.13. The molecule has 0 heterocycles. The molecule has 0 aliphatic carbocycles. The Hall–Kier alpha value is -2.73. The van der Waals surface area contributed by atoms with Gasteiger partial charge >= 0.3 is 0 Å². The number of hydrogen-bond donors (Lipinski definition) is 2. The fourth-order valence-corrected chi connectivity index (χ4v) is 2.12. The molecule has 2 rings (SSSR count). The highest BCUT2D eigenvalue weighted by Crippen LogP contribution is 2.29. The van der Waals surface area contributed by atoms with Crippen LogP contribution in [0, 0.1) is 0 Å². The van der Waals surface area contributed by atoms with E-state index in [1.165, 1.54) is 6.21 Å². The van der Waals surface area contributed by atoms with Crippen LogP contribution in [0.5, 0.6) is 11.5 Å². The van der Waals surface area contributed by atoms with Crippen LogP contribution in [0.2, 0.25) is 5.02 Å². The molecule has 0 spiro atoms. The van der Waals surface area contributed by atoms with Crippen molar-refractivity contribution in [3.05, 3.63) is 58.6 Å². The van der Waals surface area contributed by atoms with Crippen molar-refractivity contribution in [2.45, 2.75) is 13.5 Å². The first-order chi connectivity index (χ1) is 11.6. The zero-order valence-corrected chi connectivity index (χ0v) is 14.0. The van der Waals surface area contributed by atoms with Crippen molar-refractivity contribution >= 4 is 23.8 Å². The van der Waals surface area contributed by atoms with Gasteiger partial charge in [-0.25, -0.2) is 0 Å². The lowest BCUT2D eigenvalue weighted by Crippen LogP contribution is -2.21. The molecule has 0 radical (unpaired) electrons. The molecule has 4 N–H and O–H groups in total. The maximum absolute atomic E-state index is 6.14. The predicted molar refractivity (Wildman–Crippen MR) is 96.8 cm³/mol. The molecular weight excluding hydrogens is 328 g/mol. The lowest BCUT2D eigenvalue weighted by molar-refractivity contribution is 0.269. The van der Waals surface area contributed by atoms with Gasteiger partial charge < -0.3 is 20.9 Å². The highest BCUT2D eigenvalue weighted by molar-refractivity contribution is 6.31. The van der Waals surface area contributed by atoms with Gasteiger partial charge in [-0.1, -0.05) is 29.8 Å². The molecular formula is C17H19ClN4O2. The summed E-state index contributed by atoms with van der Waals surface area (Å²) in [7, 11) is 0. The van der Waals surface area contributed by atoms with Crippen LogP contribution in [0.15, 0.2) is 52.7 Å². The second-order valence-corrected chi connectivity index (χ2v) is 5.20. The van der Waals surface area contributed by atoms with E-state index in [0.717, 1.165) is 11.1 Å². The first-order valence-electron chi connectivity index (χ1n) is 7.35. The van der Waals surface area contributed by atoms with Crippen LogP contribution in [0.1, 0.15) is 18.1 Å². The minimum atomic E-state index is -0.101. The average Bonchev–Trinajstić information content (AvgIpc) is 2.55. The summed E-state index contributed by atoms with van der Waals surface area (Å²) in [6, 6.07) is 13.0. The molecule has 0 amide bonds. The van der Waals surface area contributed by atoms with E-state index in [0.29, 0.717) is 29.7 Å². The Labute approximate surface area is 145 Å². The number of hydrogen-bond acceptors (Lipinski definition) is 4. The SMILES string of the molecule is CCOc1cc(/C=N\N=C(N)N)ccc1OCc1ccccc1Cl. The van der Waals surface area contributed by atoms with Crippen LogP contribution < -0.4 is 20.9 Å². The van der Waals surface area contributed by atoms with Gasteiger partial charge in [-0.2, -0.15) is 5.10 Å². The van der Waals surface area contributed by atoms with Crippen LogP contribution in [0.4, 0.5) is 0 Å². The van der Waals surface area contributed by atoms with Crippen molar-refractivity contribution in [3.8, 4) is 11.5 Å². The highest BCUT2D eigenvalue weighted by Gasteiger charge is 2.07. The molecule has 0 saturated heterocycles. The van der Waals surface area contributed by atoms with E-state index in [4.69, 9.17) is 32.5 Å². The smallest absolute Gasteiger partial charge is 0.211 e. The third-order valence-electron chi connectivity index (χ3n) is 2.99. The number of ether oxygens (including phenoxy) is 2. The van der Waals surface area contributed by atoms with E-state index in [2.05, 4.69) is 10.2 Å². The highest BCUT2D eigenvalue weighted by atomic mass is 35.5. The van der Waals surface area contributed by atoms with Crippen LogP contribution in [-0.4, -0.2) is 18.8 Å². The van der Waals surface area contributed by atoms with Gasteiger partial charge in [0.1, 0.15) is 6.61 Å². The summed E-state index contributed by atoms with van der Waals surface area (Å²) in [5.41, 5.74) is 12.1. The molecule has 0 aliphatic heterocycles. The van der Waals surface area contributed by atoms with Crippen molar-refractivity contribution in [2.75, 3.05) is 6.61 Å². The Bertz CT molecular complexity index is 743. The van der Waals surface area contributed by atoms with Gasteiger partial charge in [0.2, 0.25) is 5.96 Å². The molecule has 0 aromatic heterocycles. The summed E-state index contributed by atoms with van der Waals surface area (Å²) in [5.74, 6) is 1.13. The maximum Gasteiger partial charge on any atom is 0.211 e. The predicted octanol–water partition coefficient (Wildman–Crippen LogP) is 2.93. The molecule has 2 aromatic carbocycles. The monoisotopic (exact) mass is 346 g/mol. The molecule has 24 heavy (non-hydrogen) atoms. The van der Waals surface area contributed by atoms with E-state index in [-0.39, 0.29) is 5.96 Å². The molecule has 0 bridgehead atoms. The summed E-state index contributed by atoms with van der Waals surface area (Å²) >= 11 is 6.14. The Kier molecular flexibility index (Phi) is 6.45. The Morgan fingerprint density at radius 3 is 2.62 bits per heavy atom. The number of halogens is 1. The van der Waals surface area contributed by atoms with Crippen molar-refractivity contribution in [2.24, 2.45) is 21.7 Å². The number of nitrogens with zero attached hydrogens (tertiary/aromatic N) is 2. The summed E-state index contributed by atoms with van der Waals surface area (Å²) in [6.07, 6.45) is 1.53. The van der Waals surface area contributed by atoms with Crippen LogP contribution in [-0.2, 0) is 6.61 Å². The first-order valence-corrected chi connectivity index (χ1v) is 7.73. The van der Waals surface area contributed by atoms with Crippen LogP contribution in [0.3, 0.4) is 0 Å². The fourth-order valence-electron chi connectivity index (χ4n) is 1.93. The van der Waals surface area contributed by atoms with Crippen LogP contribution in [0.25, 0.3) is 0 Å². The van der Waals surface area contributed by atoms with Crippen molar-refractivity contribution in [1.29, 1.82) is 0 Å². The summed E-state index contributed by atoms with van der Waals surface area (Å²) in [5, 5.41) is 8.00. The van der Waals surface area contributed by atoms with E-state index in [9.17, 15) is 0 Å². The van der Waals surface area contributed by atoms with E-state index >= 15 is 0 Å². The maximum atomic E-state index is 6.14. The second-order valence-electron chi connectivity index (χ2n) is 4.79. The molecule has 0 atom stereocenters. The number of nitrogens with two attached hydrogens (primary N) is 2. The van der Waals surface area contributed by atoms with Gasteiger partial charge in [-0.15, -0.1) is 5.10 Å². The van der Waals surface area contributed by atoms with E-state index < -0.39 is 0 Å². The zero-order chi connectivity index (χ0) is 17.4. The van der Waals surface area contributed by atoms with Gasteiger partial charge in [0, 0.05) is 10.6 Å². The Morgan fingerprint density at radius 1 is 1.12 bits per heavy atom. The summed E-state index contributed by atoms with van der Waals surface area (Å²) < 4.78 is 11.5. The third-order valence-corrected chi connectivity index (χ3v) is 3.36. The van der Waals surface area contributed by atoms with E-state index in [1.54, 1.807) is 12.1 Å². The van der Waals surface area contributed by atoms with Gasteiger partial charge in [0.25, 0.3) is 0 Å². The zero-order valence-electron chi connectivity index (χ0n) is 13.3. The molecule has 7 heteroatoms. The van der Waals surface area contributed by atoms with Gasteiger partial charge in [0.15, 0.2) is 11.5 Å². The quantitative estimate of drug-likeness (QED) is 0.457. The second kappa shape index (κ2) is 8.79. The number of benzene rings is 2. The van der Waals surface area contributed by atoms with Crippen molar-refractivity contribution in [1.82, 2.24) is 0 Å². The molecule has 0 fully saturated rings. The van der Waals surface area contributed by atoms with E-state index in [1.807, 2.05) is 37.3 Å². The largest absolute Gasteiger partial charge is 0.490 e. The molecule has 126 valence electrons. The molecule has 0 unspecified atom stereocenters. The summed E-state index contributed by atoms with van der Waals surface area (Å²) in [6.45, 7) is 2.76. The molecule has 2 aromatic rings. The fraction of sp³-hybridized carbons (Fsp3) is 0.176. The summed E-state index contributed by atoms with van der Waals surface area (Å²) in [4.78, 5) is 0. The third kappa shape index (κ3) is 5.17. The molecule has 0 aliphatic rings. The lowest BCUT2D eigenvalue weighted by atomic mass is 10.2. The van der Waals surface area contributed by atoms with Gasteiger partial charge in [0.05, 0.1) is 12.8 Å². The average molecular weight is 347 g/mol. The van der Waals surface area contributed by atoms with Crippen molar-refractivity contribution < 1.29 is 9.47 Å². The number of rotatable bonds is 7. The molecule has 0 saturated carbocycles. The molecule has 6 nitrogen and oxygen atoms in total. The Morgan fingerprint density at radius 2 is 1.92 bits per heavy atom. The normalized spacial score (nSPS) is 10.6. The Balaban J connectivity index is 2.15. The van der Waals surface area contributed by atoms with Gasteiger partial charge in [-0.3, -0.25) is 0 Å². The van der Waals surface area contributed by atoms with Crippen molar-refractivity contribution in [3.63, 3.8) is 0 Å². The topological polar surface area (TPSA) is 95.2 Å². The first kappa shape index (κ1) is 17.6. The minimum Gasteiger partial charge on any atom is -0.490 e.